The van der Waals surface area contributed by atoms with Gasteiger partial charge in [0.05, 0.1) is 11.8 Å². The highest BCUT2D eigenvalue weighted by Gasteiger charge is 2.14. The summed E-state index contributed by atoms with van der Waals surface area (Å²) >= 11 is 0. The number of hydrogen-bond donors (Lipinski definition) is 2. The molecular formula is C23H26N4O2. The molecular weight excluding hydrogens is 364 g/mol. The molecule has 1 aromatic heterocycles. The van der Waals surface area contributed by atoms with Crippen LogP contribution in [-0.2, 0) is 6.42 Å². The average molecular weight is 390 g/mol. The van der Waals surface area contributed by atoms with E-state index < -0.39 is 0 Å². The lowest BCUT2D eigenvalue weighted by Gasteiger charge is -2.15. The summed E-state index contributed by atoms with van der Waals surface area (Å²) in [6, 6.07) is 15.1. The normalized spacial score (nSPS) is 10.7. The zero-order valence-corrected chi connectivity index (χ0v) is 17.2. The van der Waals surface area contributed by atoms with E-state index in [4.69, 9.17) is 4.74 Å². The van der Waals surface area contributed by atoms with Crippen LogP contribution in [-0.4, -0.2) is 22.0 Å². The van der Waals surface area contributed by atoms with E-state index in [1.54, 1.807) is 18.3 Å². The number of nitrogens with one attached hydrogen (secondary N) is 2. The van der Waals surface area contributed by atoms with Gasteiger partial charge in [0.25, 0.3) is 5.91 Å². The molecule has 1 amide bonds. The Bertz CT molecular complexity index is 1000. The summed E-state index contributed by atoms with van der Waals surface area (Å²) in [5, 5.41) is 6.14. The molecule has 2 aromatic carbocycles. The lowest BCUT2D eigenvalue weighted by molar-refractivity contribution is 0.102. The maximum atomic E-state index is 12.8. The second-order valence-electron chi connectivity index (χ2n) is 6.97. The Morgan fingerprint density at radius 1 is 1.10 bits per heavy atom. The number of carbonyl (C=O) groups excluding carboxylic acids is 1. The van der Waals surface area contributed by atoms with Crippen LogP contribution >= 0.6 is 0 Å². The van der Waals surface area contributed by atoms with Crippen molar-refractivity contribution in [3.05, 3.63) is 71.5 Å². The smallest absolute Gasteiger partial charge is 0.274 e. The van der Waals surface area contributed by atoms with Crippen LogP contribution in [0.25, 0.3) is 0 Å². The Hall–Kier alpha value is -3.41. The van der Waals surface area contributed by atoms with E-state index >= 15 is 0 Å². The maximum absolute atomic E-state index is 12.8. The summed E-state index contributed by atoms with van der Waals surface area (Å²) in [5.74, 6) is 0.680. The molecule has 2 N–H and O–H groups in total. The molecule has 0 saturated carbocycles. The van der Waals surface area contributed by atoms with Gasteiger partial charge in [0, 0.05) is 11.9 Å². The summed E-state index contributed by atoms with van der Waals surface area (Å²) in [6.45, 7) is 8.01. The molecule has 0 spiro atoms. The molecule has 29 heavy (non-hydrogen) atoms. The number of hydrogen-bond acceptors (Lipinski definition) is 5. The van der Waals surface area contributed by atoms with Gasteiger partial charge >= 0.3 is 0 Å². The number of ether oxygens (including phenoxy) is 1. The van der Waals surface area contributed by atoms with Crippen molar-refractivity contribution >= 4 is 23.2 Å². The van der Waals surface area contributed by atoms with Gasteiger partial charge in [-0.25, -0.2) is 9.97 Å². The van der Waals surface area contributed by atoms with Crippen molar-refractivity contribution in [3.63, 3.8) is 0 Å². The van der Waals surface area contributed by atoms with Gasteiger partial charge in [-0.1, -0.05) is 37.3 Å². The number of carbonyl (C=O) groups is 1. The third-order valence-electron chi connectivity index (χ3n) is 4.36. The molecule has 0 fully saturated rings. The van der Waals surface area contributed by atoms with Crippen molar-refractivity contribution in [2.24, 2.45) is 0 Å². The Morgan fingerprint density at radius 2 is 1.90 bits per heavy atom. The summed E-state index contributed by atoms with van der Waals surface area (Å²) in [4.78, 5) is 21.4. The van der Waals surface area contributed by atoms with Crippen LogP contribution in [0.1, 0.15) is 42.4 Å². The second-order valence-corrected chi connectivity index (χ2v) is 6.97. The van der Waals surface area contributed by atoms with E-state index in [-0.39, 0.29) is 17.7 Å². The van der Waals surface area contributed by atoms with Gasteiger partial charge < -0.3 is 15.4 Å². The van der Waals surface area contributed by atoms with E-state index in [9.17, 15) is 4.79 Å². The van der Waals surface area contributed by atoms with Crippen LogP contribution in [0, 0.1) is 6.92 Å². The highest BCUT2D eigenvalue weighted by molar-refractivity contribution is 6.03. The van der Waals surface area contributed by atoms with Crippen LogP contribution in [0.2, 0.25) is 0 Å². The number of aromatic nitrogens is 2. The maximum Gasteiger partial charge on any atom is 0.274 e. The molecule has 6 heteroatoms. The van der Waals surface area contributed by atoms with Crippen molar-refractivity contribution in [2.75, 3.05) is 10.6 Å². The second kappa shape index (κ2) is 9.19. The Balaban J connectivity index is 1.81. The van der Waals surface area contributed by atoms with E-state index in [1.165, 1.54) is 5.56 Å². The van der Waals surface area contributed by atoms with E-state index in [2.05, 4.69) is 33.6 Å². The molecule has 0 atom stereocenters. The van der Waals surface area contributed by atoms with Crippen LogP contribution in [0.5, 0.6) is 5.75 Å². The lowest BCUT2D eigenvalue weighted by atomic mass is 10.1. The highest BCUT2D eigenvalue weighted by Crippen LogP contribution is 2.26. The number of amides is 1. The highest BCUT2D eigenvalue weighted by atomic mass is 16.5. The average Bonchev–Trinajstić information content (AvgIpc) is 2.71. The zero-order chi connectivity index (χ0) is 20.8. The summed E-state index contributed by atoms with van der Waals surface area (Å²) in [6.07, 6.45) is 2.46. The third kappa shape index (κ3) is 5.10. The van der Waals surface area contributed by atoms with Crippen molar-refractivity contribution in [1.29, 1.82) is 0 Å². The minimum absolute atomic E-state index is 0.00442. The molecule has 3 aromatic rings. The first kappa shape index (κ1) is 20.3. The van der Waals surface area contributed by atoms with E-state index in [0.717, 1.165) is 17.7 Å². The van der Waals surface area contributed by atoms with Crippen LogP contribution in [0.3, 0.4) is 0 Å². The van der Waals surface area contributed by atoms with Crippen LogP contribution in [0.15, 0.2) is 54.7 Å². The molecule has 3 rings (SSSR count). The Kier molecular flexibility index (Phi) is 6.44. The minimum Gasteiger partial charge on any atom is -0.489 e. The first-order chi connectivity index (χ1) is 14.0. The molecule has 0 aliphatic heterocycles. The largest absolute Gasteiger partial charge is 0.489 e. The third-order valence-corrected chi connectivity index (χ3v) is 4.36. The lowest BCUT2D eigenvalue weighted by Crippen LogP contribution is -2.16. The summed E-state index contributed by atoms with van der Waals surface area (Å²) in [5.41, 5.74) is 4.12. The van der Waals surface area contributed by atoms with Gasteiger partial charge in [0.15, 0.2) is 0 Å². The van der Waals surface area contributed by atoms with Crippen molar-refractivity contribution in [2.45, 2.75) is 40.2 Å². The monoisotopic (exact) mass is 390 g/mol. The van der Waals surface area contributed by atoms with Gasteiger partial charge in [0.1, 0.15) is 11.4 Å². The summed E-state index contributed by atoms with van der Waals surface area (Å²) < 4.78 is 5.76. The number of aryl methyl sites for hydroxylation is 2. The number of anilines is 3. The molecule has 6 nitrogen and oxygen atoms in total. The fourth-order valence-corrected chi connectivity index (χ4v) is 2.97. The number of rotatable bonds is 7. The standard InChI is InChI=1S/C23H26N4O2/c1-5-17-10-8-9-16(4)21(17)27-23-24-14-13-19(26-23)22(28)25-18-11-6-7-12-20(18)29-15(2)3/h6-15H,5H2,1-4H3,(H,25,28)(H,24,26,27). The van der Waals surface area contributed by atoms with Crippen molar-refractivity contribution < 1.29 is 9.53 Å². The first-order valence-electron chi connectivity index (χ1n) is 9.73. The van der Waals surface area contributed by atoms with E-state index in [1.807, 2.05) is 51.1 Å². The molecule has 0 saturated heterocycles. The minimum atomic E-state index is -0.323. The fourth-order valence-electron chi connectivity index (χ4n) is 2.97. The first-order valence-corrected chi connectivity index (χ1v) is 9.73. The van der Waals surface area contributed by atoms with Gasteiger partial charge in [-0.15, -0.1) is 0 Å². The zero-order valence-electron chi connectivity index (χ0n) is 17.2. The molecule has 0 unspecified atom stereocenters. The number of para-hydroxylation sites is 3. The predicted octanol–water partition coefficient (Wildman–Crippen LogP) is 5.13. The molecule has 0 aliphatic carbocycles. The number of nitrogens with zero attached hydrogens (tertiary/aromatic N) is 2. The quantitative estimate of drug-likeness (QED) is 0.585. The predicted molar refractivity (Wildman–Crippen MR) is 116 cm³/mol. The topological polar surface area (TPSA) is 76.1 Å². The Morgan fingerprint density at radius 3 is 2.66 bits per heavy atom. The Labute approximate surface area is 171 Å². The van der Waals surface area contributed by atoms with Crippen molar-refractivity contribution in [1.82, 2.24) is 9.97 Å². The number of benzene rings is 2. The molecule has 1 heterocycles. The molecule has 0 radical (unpaired) electrons. The van der Waals surface area contributed by atoms with Crippen LogP contribution in [0.4, 0.5) is 17.3 Å². The van der Waals surface area contributed by atoms with Gasteiger partial charge in [-0.2, -0.15) is 0 Å². The fraction of sp³-hybridized carbons (Fsp3) is 0.261. The van der Waals surface area contributed by atoms with Gasteiger partial charge in [-0.3, -0.25) is 4.79 Å². The van der Waals surface area contributed by atoms with Gasteiger partial charge in [-0.05, 0) is 56.5 Å². The van der Waals surface area contributed by atoms with Crippen molar-refractivity contribution in [3.8, 4) is 5.75 Å². The molecule has 150 valence electrons. The van der Waals surface area contributed by atoms with Gasteiger partial charge in [0.2, 0.25) is 5.95 Å². The van der Waals surface area contributed by atoms with Crippen LogP contribution < -0.4 is 15.4 Å². The van der Waals surface area contributed by atoms with E-state index in [0.29, 0.717) is 17.4 Å². The summed E-state index contributed by atoms with van der Waals surface area (Å²) in [7, 11) is 0. The molecule has 0 bridgehead atoms. The molecule has 0 aliphatic rings. The SMILES string of the molecule is CCc1cccc(C)c1Nc1nccc(C(=O)Nc2ccccc2OC(C)C)n1.